The Morgan fingerprint density at radius 2 is 1.97 bits per heavy atom. The number of hydrogen-bond acceptors (Lipinski definition) is 8. The highest BCUT2D eigenvalue weighted by Crippen LogP contribution is 2.31. The van der Waals surface area contributed by atoms with E-state index in [1.54, 1.807) is 24.4 Å². The molecule has 33 heavy (non-hydrogen) atoms. The molecule has 6 N–H and O–H groups in total. The van der Waals surface area contributed by atoms with E-state index < -0.39 is 6.23 Å². The van der Waals surface area contributed by atoms with Crippen molar-refractivity contribution >= 4 is 40.4 Å². The van der Waals surface area contributed by atoms with Crippen molar-refractivity contribution < 1.29 is 9.84 Å². The lowest BCUT2D eigenvalue weighted by molar-refractivity contribution is 0.214. The van der Waals surface area contributed by atoms with Gasteiger partial charge in [0.05, 0.1) is 28.4 Å². The quantitative estimate of drug-likeness (QED) is 0.226. The average molecular weight is 487 g/mol. The number of anilines is 2. The molecule has 0 amide bonds. The van der Waals surface area contributed by atoms with E-state index >= 15 is 0 Å². The molecule has 1 saturated heterocycles. The lowest BCUT2D eigenvalue weighted by atomic mass is 10.0. The highest BCUT2D eigenvalue weighted by Gasteiger charge is 2.25. The summed E-state index contributed by atoms with van der Waals surface area (Å²) in [5.41, 5.74) is 14.4. The van der Waals surface area contributed by atoms with E-state index in [4.69, 9.17) is 44.8 Å². The first-order chi connectivity index (χ1) is 15.9. The number of hydrogen-bond donors (Lipinski definition) is 4. The van der Waals surface area contributed by atoms with Gasteiger partial charge in [0.15, 0.2) is 6.23 Å². The van der Waals surface area contributed by atoms with Gasteiger partial charge < -0.3 is 20.5 Å². The van der Waals surface area contributed by atoms with Crippen molar-refractivity contribution in [1.82, 2.24) is 9.97 Å². The number of nitrogens with zero attached hydrogens (tertiary/aromatic N) is 3. The van der Waals surface area contributed by atoms with Gasteiger partial charge in [0.1, 0.15) is 11.6 Å². The van der Waals surface area contributed by atoms with Crippen LogP contribution in [0.15, 0.2) is 48.9 Å². The largest absolute Gasteiger partial charge is 0.471 e. The Kier molecular flexibility index (Phi) is 6.99. The van der Waals surface area contributed by atoms with E-state index in [-0.39, 0.29) is 18.4 Å². The minimum Gasteiger partial charge on any atom is -0.471 e. The maximum atomic E-state index is 9.56. The number of nitrogens with one attached hydrogen (secondary N) is 1. The lowest BCUT2D eigenvalue weighted by Crippen LogP contribution is -2.32. The van der Waals surface area contributed by atoms with Crippen LogP contribution < -0.4 is 21.1 Å². The van der Waals surface area contributed by atoms with Crippen LogP contribution in [-0.2, 0) is 0 Å². The Morgan fingerprint density at radius 1 is 1.21 bits per heavy atom. The van der Waals surface area contributed by atoms with Crippen LogP contribution in [0.2, 0.25) is 10.0 Å². The fraction of sp³-hybridized carbons (Fsp3) is 0.261. The summed E-state index contributed by atoms with van der Waals surface area (Å²) in [4.78, 5) is 10.5. The van der Waals surface area contributed by atoms with Crippen LogP contribution in [0.1, 0.15) is 35.8 Å². The van der Waals surface area contributed by atoms with E-state index in [2.05, 4.69) is 14.9 Å². The molecule has 0 bridgehead atoms. The highest BCUT2D eigenvalue weighted by atomic mass is 35.5. The summed E-state index contributed by atoms with van der Waals surface area (Å²) < 4.78 is 5.84. The predicted octanol–water partition coefficient (Wildman–Crippen LogP) is 3.78. The van der Waals surface area contributed by atoms with Crippen LogP contribution in [0.4, 0.5) is 11.5 Å². The van der Waals surface area contributed by atoms with Gasteiger partial charge in [-0.05, 0) is 43.2 Å². The third kappa shape index (κ3) is 4.89. The molecule has 172 valence electrons. The predicted molar refractivity (Wildman–Crippen MR) is 130 cm³/mol. The van der Waals surface area contributed by atoms with E-state index in [9.17, 15) is 5.11 Å². The van der Waals surface area contributed by atoms with Crippen molar-refractivity contribution in [3.8, 4) is 5.75 Å². The molecule has 4 rings (SSSR count). The van der Waals surface area contributed by atoms with Gasteiger partial charge in [0, 0.05) is 47.5 Å². The zero-order valence-electron chi connectivity index (χ0n) is 17.7. The van der Waals surface area contributed by atoms with Crippen molar-refractivity contribution in [2.24, 2.45) is 5.73 Å². The molecule has 0 unspecified atom stereocenters. The average Bonchev–Trinajstić information content (AvgIpc) is 3.29. The zero-order valence-corrected chi connectivity index (χ0v) is 19.2. The Hall–Kier alpha value is -2.91. The second-order valence-electron chi connectivity index (χ2n) is 7.76. The van der Waals surface area contributed by atoms with E-state index in [1.807, 2.05) is 12.1 Å². The van der Waals surface area contributed by atoms with Crippen molar-refractivity contribution in [2.75, 3.05) is 23.8 Å². The van der Waals surface area contributed by atoms with Gasteiger partial charge in [-0.3, -0.25) is 16.1 Å². The molecule has 2 aromatic heterocycles. The SMILES string of the molecule is N=C(c1ccc(N2CCC[C@H]2CO)nc1)c1cc(O[C@H](N)c2c(Cl)cncc2Cl)ccc1N. The van der Waals surface area contributed by atoms with Crippen molar-refractivity contribution in [1.29, 1.82) is 5.41 Å². The second-order valence-corrected chi connectivity index (χ2v) is 8.57. The van der Waals surface area contributed by atoms with E-state index in [1.165, 1.54) is 12.4 Å². The van der Waals surface area contributed by atoms with Crippen molar-refractivity contribution in [2.45, 2.75) is 25.1 Å². The van der Waals surface area contributed by atoms with Gasteiger partial charge in [-0.25, -0.2) is 4.98 Å². The maximum absolute atomic E-state index is 9.56. The number of aromatic nitrogens is 2. The molecule has 3 heterocycles. The molecule has 8 nitrogen and oxygen atoms in total. The Balaban J connectivity index is 1.54. The first-order valence-electron chi connectivity index (χ1n) is 10.4. The summed E-state index contributed by atoms with van der Waals surface area (Å²) in [6.45, 7) is 0.952. The van der Waals surface area contributed by atoms with Gasteiger partial charge in [-0.15, -0.1) is 0 Å². The smallest absolute Gasteiger partial charge is 0.177 e. The molecule has 1 aromatic carbocycles. The van der Waals surface area contributed by atoms with Crippen LogP contribution in [0.3, 0.4) is 0 Å². The van der Waals surface area contributed by atoms with Crippen LogP contribution in [-0.4, -0.2) is 40.0 Å². The number of benzene rings is 1. The molecule has 10 heteroatoms. The van der Waals surface area contributed by atoms with Crippen LogP contribution in [0, 0.1) is 5.41 Å². The molecule has 1 aliphatic rings. The number of aliphatic hydroxyl groups excluding tert-OH is 1. The van der Waals surface area contributed by atoms with Gasteiger partial charge in [-0.2, -0.15) is 0 Å². The number of nitrogens with two attached hydrogens (primary N) is 2. The van der Waals surface area contributed by atoms with Gasteiger partial charge >= 0.3 is 0 Å². The molecule has 2 atom stereocenters. The summed E-state index contributed by atoms with van der Waals surface area (Å²) in [6.07, 6.45) is 5.55. The Bertz CT molecular complexity index is 1140. The van der Waals surface area contributed by atoms with Crippen molar-refractivity contribution in [3.63, 3.8) is 0 Å². The van der Waals surface area contributed by atoms with E-state index in [0.717, 1.165) is 25.2 Å². The standard InChI is InChI=1S/C23H24Cl2N6O2/c24-17-10-29-11-18(25)21(17)23(28)33-15-4-5-19(26)16(8-15)22(27)13-3-6-20(30-9-13)31-7-1-2-14(31)12-32/h3-6,8-11,14,23,27,32H,1-2,7,12,26,28H2/t14-,23-/m0/s1. The molecule has 1 fully saturated rings. The van der Waals surface area contributed by atoms with Crippen LogP contribution >= 0.6 is 23.2 Å². The first-order valence-corrected chi connectivity index (χ1v) is 11.2. The van der Waals surface area contributed by atoms with Crippen molar-refractivity contribution in [3.05, 3.63) is 75.7 Å². The number of nitrogen functional groups attached to an aromatic ring is 1. The second kappa shape index (κ2) is 9.93. The molecule has 1 aliphatic heterocycles. The maximum Gasteiger partial charge on any atom is 0.177 e. The molecule has 0 radical (unpaired) electrons. The first kappa shape index (κ1) is 23.3. The third-order valence-corrected chi connectivity index (χ3v) is 6.25. The molecular formula is C23H24Cl2N6O2. The van der Waals surface area contributed by atoms with Gasteiger partial charge in [0.2, 0.25) is 0 Å². The molecule has 0 spiro atoms. The number of halogens is 2. The number of pyridine rings is 2. The summed E-state index contributed by atoms with van der Waals surface area (Å²) in [6, 6.07) is 8.73. The Labute approximate surface area is 201 Å². The fourth-order valence-electron chi connectivity index (χ4n) is 3.91. The summed E-state index contributed by atoms with van der Waals surface area (Å²) in [5, 5.41) is 18.8. The van der Waals surface area contributed by atoms with Crippen LogP contribution in [0.25, 0.3) is 0 Å². The topological polar surface area (TPSA) is 134 Å². The fourth-order valence-corrected chi connectivity index (χ4v) is 4.49. The van der Waals surface area contributed by atoms with Gasteiger partial charge in [-0.1, -0.05) is 23.2 Å². The molecule has 0 aliphatic carbocycles. The number of rotatable bonds is 7. The Morgan fingerprint density at radius 3 is 2.64 bits per heavy atom. The lowest BCUT2D eigenvalue weighted by Gasteiger charge is -2.24. The minimum absolute atomic E-state index is 0.0823. The van der Waals surface area contributed by atoms with Gasteiger partial charge in [0.25, 0.3) is 0 Å². The number of ether oxygens (including phenoxy) is 1. The normalized spacial score (nSPS) is 16.6. The number of aliphatic hydroxyl groups is 1. The molecule has 0 saturated carbocycles. The van der Waals surface area contributed by atoms with E-state index in [0.29, 0.717) is 38.2 Å². The van der Waals surface area contributed by atoms with Crippen LogP contribution in [0.5, 0.6) is 5.75 Å². The zero-order chi connectivity index (χ0) is 23.5. The summed E-state index contributed by atoms with van der Waals surface area (Å²) in [7, 11) is 0. The minimum atomic E-state index is -0.931. The molecular weight excluding hydrogens is 463 g/mol. The highest BCUT2D eigenvalue weighted by molar-refractivity contribution is 6.35. The third-order valence-electron chi connectivity index (χ3n) is 5.65. The molecule has 3 aromatic rings. The summed E-state index contributed by atoms with van der Waals surface area (Å²) >= 11 is 12.3. The summed E-state index contributed by atoms with van der Waals surface area (Å²) in [5.74, 6) is 1.19. The monoisotopic (exact) mass is 486 g/mol.